The van der Waals surface area contributed by atoms with Crippen molar-refractivity contribution in [1.82, 2.24) is 4.72 Å². The highest BCUT2D eigenvalue weighted by molar-refractivity contribution is 9.10. The van der Waals surface area contributed by atoms with Gasteiger partial charge in [-0.25, -0.2) is 13.1 Å². The first-order valence-electron chi connectivity index (χ1n) is 6.60. The Hall–Kier alpha value is -0.630. The number of ether oxygens (including phenoxy) is 1. The third-order valence-corrected chi connectivity index (χ3v) is 5.67. The first-order valence-corrected chi connectivity index (χ1v) is 8.88. The number of hydrogen-bond donors (Lipinski definition) is 2. The quantitative estimate of drug-likeness (QED) is 0.786. The standard InChI is InChI=1S/C13H19BrN2O3S/c1-2-13-9(5-6-19-13)8-16-20(17,18)10-3-4-12(15)11(14)7-10/h3-4,7,9,13,16H,2,5-6,8,15H2,1H3. The summed E-state index contributed by atoms with van der Waals surface area (Å²) in [4.78, 5) is 0.213. The maximum atomic E-state index is 12.2. The second-order valence-electron chi connectivity index (χ2n) is 4.90. The summed E-state index contributed by atoms with van der Waals surface area (Å²) >= 11 is 3.24. The molecule has 20 heavy (non-hydrogen) atoms. The maximum Gasteiger partial charge on any atom is 0.240 e. The van der Waals surface area contributed by atoms with Crippen molar-refractivity contribution in [2.45, 2.75) is 30.8 Å². The van der Waals surface area contributed by atoms with Crippen LogP contribution in [-0.4, -0.2) is 27.7 Å². The number of benzene rings is 1. The van der Waals surface area contributed by atoms with E-state index in [1.165, 1.54) is 12.1 Å². The van der Waals surface area contributed by atoms with Crippen LogP contribution in [0.4, 0.5) is 5.69 Å². The van der Waals surface area contributed by atoms with E-state index < -0.39 is 10.0 Å². The lowest BCUT2D eigenvalue weighted by atomic mass is 10.0. The second-order valence-corrected chi connectivity index (χ2v) is 7.52. The van der Waals surface area contributed by atoms with E-state index in [0.29, 0.717) is 23.3 Å². The molecule has 1 aromatic carbocycles. The Morgan fingerprint density at radius 3 is 2.90 bits per heavy atom. The lowest BCUT2D eigenvalue weighted by Crippen LogP contribution is -2.32. The summed E-state index contributed by atoms with van der Waals surface area (Å²) in [6.07, 6.45) is 1.95. The number of nitrogen functional groups attached to an aromatic ring is 1. The molecule has 1 saturated heterocycles. The van der Waals surface area contributed by atoms with Crippen LogP contribution < -0.4 is 10.5 Å². The lowest BCUT2D eigenvalue weighted by molar-refractivity contribution is 0.0884. The van der Waals surface area contributed by atoms with Gasteiger partial charge in [-0.3, -0.25) is 0 Å². The van der Waals surface area contributed by atoms with Gasteiger partial charge >= 0.3 is 0 Å². The van der Waals surface area contributed by atoms with Crippen LogP contribution in [0.3, 0.4) is 0 Å². The molecule has 0 aliphatic carbocycles. The van der Waals surface area contributed by atoms with E-state index in [0.717, 1.165) is 12.8 Å². The van der Waals surface area contributed by atoms with Gasteiger partial charge in [0.15, 0.2) is 0 Å². The van der Waals surface area contributed by atoms with Crippen LogP contribution in [0.5, 0.6) is 0 Å². The van der Waals surface area contributed by atoms with E-state index in [1.54, 1.807) is 6.07 Å². The van der Waals surface area contributed by atoms with Gasteiger partial charge in [0.1, 0.15) is 0 Å². The van der Waals surface area contributed by atoms with E-state index >= 15 is 0 Å². The highest BCUT2D eigenvalue weighted by Gasteiger charge is 2.28. The first-order chi connectivity index (χ1) is 9.44. The molecule has 2 rings (SSSR count). The molecular weight excluding hydrogens is 344 g/mol. The molecule has 1 heterocycles. The Labute approximate surface area is 128 Å². The number of sulfonamides is 1. The average molecular weight is 363 g/mol. The summed E-state index contributed by atoms with van der Waals surface area (Å²) in [5, 5.41) is 0. The van der Waals surface area contributed by atoms with Crippen molar-refractivity contribution >= 4 is 31.6 Å². The van der Waals surface area contributed by atoms with Gasteiger partial charge in [-0.05, 0) is 47.0 Å². The van der Waals surface area contributed by atoms with Gasteiger partial charge in [-0.15, -0.1) is 0 Å². The molecule has 1 aromatic rings. The zero-order chi connectivity index (χ0) is 14.8. The minimum atomic E-state index is -3.51. The number of nitrogens with one attached hydrogen (secondary N) is 1. The number of halogens is 1. The van der Waals surface area contributed by atoms with Crippen LogP contribution in [0, 0.1) is 5.92 Å². The lowest BCUT2D eigenvalue weighted by Gasteiger charge is -2.17. The molecule has 0 spiro atoms. The Morgan fingerprint density at radius 2 is 2.25 bits per heavy atom. The molecule has 1 aliphatic rings. The molecule has 5 nitrogen and oxygen atoms in total. The van der Waals surface area contributed by atoms with Crippen LogP contribution in [-0.2, 0) is 14.8 Å². The van der Waals surface area contributed by atoms with E-state index in [1.807, 2.05) is 0 Å². The summed E-state index contributed by atoms with van der Waals surface area (Å²) in [7, 11) is -3.51. The Balaban J connectivity index is 2.05. The van der Waals surface area contributed by atoms with Crippen molar-refractivity contribution < 1.29 is 13.2 Å². The van der Waals surface area contributed by atoms with Crippen molar-refractivity contribution in [1.29, 1.82) is 0 Å². The van der Waals surface area contributed by atoms with Gasteiger partial charge in [0, 0.05) is 29.2 Å². The molecule has 0 saturated carbocycles. The van der Waals surface area contributed by atoms with Crippen molar-refractivity contribution in [3.8, 4) is 0 Å². The van der Waals surface area contributed by atoms with Gasteiger partial charge in [0.05, 0.1) is 11.0 Å². The predicted molar refractivity (Wildman–Crippen MR) is 81.9 cm³/mol. The molecule has 1 fully saturated rings. The molecule has 0 radical (unpaired) electrons. The van der Waals surface area contributed by atoms with Crippen LogP contribution in [0.2, 0.25) is 0 Å². The van der Waals surface area contributed by atoms with Crippen LogP contribution >= 0.6 is 15.9 Å². The summed E-state index contributed by atoms with van der Waals surface area (Å²) in [6, 6.07) is 4.59. The fraction of sp³-hybridized carbons (Fsp3) is 0.538. The zero-order valence-corrected chi connectivity index (χ0v) is 13.7. The number of nitrogens with two attached hydrogens (primary N) is 1. The third kappa shape index (κ3) is 3.52. The Bertz CT molecular complexity index is 577. The number of rotatable bonds is 5. The SMILES string of the molecule is CCC1OCCC1CNS(=O)(=O)c1ccc(N)c(Br)c1. The van der Waals surface area contributed by atoms with Crippen LogP contribution in [0.1, 0.15) is 19.8 Å². The van der Waals surface area contributed by atoms with Gasteiger partial charge in [0.25, 0.3) is 0 Å². The topological polar surface area (TPSA) is 81.4 Å². The molecule has 112 valence electrons. The summed E-state index contributed by atoms with van der Waals surface area (Å²) < 4.78 is 33.3. The normalized spacial score (nSPS) is 23.1. The van der Waals surface area contributed by atoms with Gasteiger partial charge < -0.3 is 10.5 Å². The highest BCUT2D eigenvalue weighted by atomic mass is 79.9. The van der Waals surface area contributed by atoms with E-state index in [-0.39, 0.29) is 16.9 Å². The first kappa shape index (κ1) is 15.8. The highest BCUT2D eigenvalue weighted by Crippen LogP contribution is 2.25. The molecule has 7 heteroatoms. The minimum absolute atomic E-state index is 0.149. The van der Waals surface area contributed by atoms with Gasteiger partial charge in [-0.2, -0.15) is 0 Å². The van der Waals surface area contributed by atoms with Crippen LogP contribution in [0.15, 0.2) is 27.6 Å². The van der Waals surface area contributed by atoms with Crippen LogP contribution in [0.25, 0.3) is 0 Å². The summed E-state index contributed by atoms with van der Waals surface area (Å²) in [5.41, 5.74) is 6.18. The largest absolute Gasteiger partial charge is 0.398 e. The van der Waals surface area contributed by atoms with Gasteiger partial charge in [0.2, 0.25) is 10.0 Å². The van der Waals surface area contributed by atoms with E-state index in [4.69, 9.17) is 10.5 Å². The fourth-order valence-electron chi connectivity index (χ4n) is 2.35. The zero-order valence-electron chi connectivity index (χ0n) is 11.3. The van der Waals surface area contributed by atoms with Crippen molar-refractivity contribution in [3.05, 3.63) is 22.7 Å². The predicted octanol–water partition coefficient (Wildman–Crippen LogP) is 2.12. The fourth-order valence-corrected chi connectivity index (χ4v) is 4.00. The molecule has 3 N–H and O–H groups in total. The smallest absolute Gasteiger partial charge is 0.240 e. The monoisotopic (exact) mass is 362 g/mol. The van der Waals surface area contributed by atoms with Crippen molar-refractivity contribution in [2.24, 2.45) is 5.92 Å². The van der Waals surface area contributed by atoms with Crippen molar-refractivity contribution in [2.75, 3.05) is 18.9 Å². The Kier molecular flexibility index (Phi) is 5.06. The third-order valence-electron chi connectivity index (χ3n) is 3.57. The van der Waals surface area contributed by atoms with E-state index in [2.05, 4.69) is 27.6 Å². The maximum absolute atomic E-state index is 12.2. The van der Waals surface area contributed by atoms with Gasteiger partial charge in [-0.1, -0.05) is 6.92 Å². The molecule has 0 amide bonds. The molecular formula is C13H19BrN2O3S. The molecule has 2 unspecified atom stereocenters. The molecule has 2 atom stereocenters. The summed E-state index contributed by atoms with van der Waals surface area (Å²) in [6.45, 7) is 3.16. The minimum Gasteiger partial charge on any atom is -0.398 e. The van der Waals surface area contributed by atoms with Crippen molar-refractivity contribution in [3.63, 3.8) is 0 Å². The molecule has 1 aliphatic heterocycles. The molecule has 0 bridgehead atoms. The number of anilines is 1. The average Bonchev–Trinajstić information content (AvgIpc) is 2.87. The second kappa shape index (κ2) is 6.43. The molecule has 0 aromatic heterocycles. The summed E-state index contributed by atoms with van der Waals surface area (Å²) in [5.74, 6) is 0.243. The van der Waals surface area contributed by atoms with E-state index in [9.17, 15) is 8.42 Å². The number of hydrogen-bond acceptors (Lipinski definition) is 4. The Morgan fingerprint density at radius 1 is 1.50 bits per heavy atom.